The molecule has 3 rings (SSSR count). The molecule has 9 heteroatoms. The number of unbranched alkanes of at least 4 members (excludes halogenated alkanes) is 3. The number of benzene rings is 2. The van der Waals surface area contributed by atoms with Gasteiger partial charge in [-0.25, -0.2) is 0 Å². The second-order valence-electron chi connectivity index (χ2n) is 10.3. The fourth-order valence-corrected chi connectivity index (χ4v) is 5.24. The van der Waals surface area contributed by atoms with Gasteiger partial charge in [0, 0.05) is 61.0 Å². The van der Waals surface area contributed by atoms with Gasteiger partial charge in [-0.3, -0.25) is 14.4 Å². The number of piperazine rings is 1. The number of carbonyl (C=O) groups excluding carboxylic acids is 1. The molecule has 0 atom stereocenters. The van der Waals surface area contributed by atoms with Gasteiger partial charge in [-0.1, -0.05) is 46.3 Å². The molecular weight excluding hydrogens is 588 g/mol. The zero-order valence-corrected chi connectivity index (χ0v) is 25.2. The molecule has 8 nitrogen and oxygen atoms in total. The molecule has 0 spiro atoms. The van der Waals surface area contributed by atoms with Gasteiger partial charge >= 0.3 is 11.9 Å². The topological polar surface area (TPSA) is 107 Å². The number of amides is 1. The molecule has 220 valence electrons. The number of nitrogens with zero attached hydrogens (tertiary/aromatic N) is 2. The van der Waals surface area contributed by atoms with E-state index in [2.05, 4.69) is 39.7 Å². The third kappa shape index (κ3) is 11.2. The summed E-state index contributed by atoms with van der Waals surface area (Å²) in [4.78, 5) is 39.1. The van der Waals surface area contributed by atoms with Gasteiger partial charge in [0.05, 0.1) is 6.61 Å². The second-order valence-corrected chi connectivity index (χ2v) is 11.2. The SMILES string of the molecule is CN1CCN(C(=O)c2cc(Br)cc(C#CCCCCCc3cccc(OCCCC(=O)O)c3CCC(=O)O)c2)CC1. The average Bonchev–Trinajstić information content (AvgIpc) is 2.93. The number of rotatable bonds is 14. The summed E-state index contributed by atoms with van der Waals surface area (Å²) in [6.07, 6.45) is 5.20. The van der Waals surface area contributed by atoms with Crippen LogP contribution in [0.15, 0.2) is 40.9 Å². The zero-order valence-electron chi connectivity index (χ0n) is 23.7. The van der Waals surface area contributed by atoms with Gasteiger partial charge < -0.3 is 24.7 Å². The standard InChI is InChI=1S/C32H39BrN2O6/c1-34-16-18-35(19-17-34)32(40)26-21-24(22-27(33)23-26)9-5-3-2-4-6-10-25-11-7-12-29(28(25)14-15-31(38)39)41-20-8-13-30(36)37/h7,11-12,21-23H,2-4,6,8,10,13-20H2,1H3,(H,36,37)(H,38,39). The van der Waals surface area contributed by atoms with Crippen molar-refractivity contribution >= 4 is 33.8 Å². The number of ether oxygens (including phenoxy) is 1. The number of carboxylic acid groups (broad SMARTS) is 2. The van der Waals surface area contributed by atoms with Gasteiger partial charge in [0.25, 0.3) is 5.91 Å². The lowest BCUT2D eigenvalue weighted by molar-refractivity contribution is -0.138. The summed E-state index contributed by atoms with van der Waals surface area (Å²) in [6, 6.07) is 11.4. The van der Waals surface area contributed by atoms with Gasteiger partial charge in [0.2, 0.25) is 0 Å². The van der Waals surface area contributed by atoms with Crippen molar-refractivity contribution in [3.05, 3.63) is 63.1 Å². The summed E-state index contributed by atoms with van der Waals surface area (Å²) in [6.45, 7) is 3.49. The third-order valence-corrected chi connectivity index (χ3v) is 7.49. The summed E-state index contributed by atoms with van der Waals surface area (Å²) in [5, 5.41) is 18.0. The highest BCUT2D eigenvalue weighted by atomic mass is 79.9. The van der Waals surface area contributed by atoms with E-state index in [1.807, 2.05) is 41.3 Å². The van der Waals surface area contributed by atoms with Crippen molar-refractivity contribution in [2.24, 2.45) is 0 Å². The zero-order chi connectivity index (χ0) is 29.6. The molecule has 2 aromatic carbocycles. The van der Waals surface area contributed by atoms with E-state index in [0.29, 0.717) is 24.2 Å². The van der Waals surface area contributed by atoms with Crippen LogP contribution in [0.3, 0.4) is 0 Å². The van der Waals surface area contributed by atoms with Crippen LogP contribution in [-0.2, 0) is 22.4 Å². The highest BCUT2D eigenvalue weighted by molar-refractivity contribution is 9.10. The highest BCUT2D eigenvalue weighted by Gasteiger charge is 2.21. The minimum atomic E-state index is -0.865. The Morgan fingerprint density at radius 3 is 2.41 bits per heavy atom. The molecule has 0 unspecified atom stereocenters. The van der Waals surface area contributed by atoms with Crippen LogP contribution >= 0.6 is 15.9 Å². The van der Waals surface area contributed by atoms with Crippen molar-refractivity contribution in [1.29, 1.82) is 0 Å². The van der Waals surface area contributed by atoms with E-state index >= 15 is 0 Å². The molecule has 1 aliphatic rings. The van der Waals surface area contributed by atoms with Crippen LogP contribution in [-0.4, -0.2) is 77.7 Å². The highest BCUT2D eigenvalue weighted by Crippen LogP contribution is 2.26. The van der Waals surface area contributed by atoms with E-state index in [-0.39, 0.29) is 25.4 Å². The maximum Gasteiger partial charge on any atom is 0.303 e. The lowest BCUT2D eigenvalue weighted by atomic mass is 9.96. The number of carboxylic acids is 2. The van der Waals surface area contributed by atoms with E-state index in [9.17, 15) is 19.5 Å². The number of hydrogen-bond acceptors (Lipinski definition) is 5. The summed E-state index contributed by atoms with van der Waals surface area (Å²) < 4.78 is 6.67. The fraction of sp³-hybridized carbons (Fsp3) is 0.469. The molecule has 1 aliphatic heterocycles. The van der Waals surface area contributed by atoms with Crippen LogP contribution in [0.1, 0.15) is 72.0 Å². The monoisotopic (exact) mass is 626 g/mol. The van der Waals surface area contributed by atoms with Gasteiger partial charge in [0.1, 0.15) is 5.75 Å². The van der Waals surface area contributed by atoms with E-state index in [1.165, 1.54) is 0 Å². The van der Waals surface area contributed by atoms with Crippen molar-refractivity contribution in [2.45, 2.75) is 57.8 Å². The molecular formula is C32H39BrN2O6. The minimum Gasteiger partial charge on any atom is -0.493 e. The maximum absolute atomic E-state index is 13.0. The van der Waals surface area contributed by atoms with E-state index in [4.69, 9.17) is 9.84 Å². The van der Waals surface area contributed by atoms with Crippen molar-refractivity contribution in [3.63, 3.8) is 0 Å². The molecule has 0 aliphatic carbocycles. The Kier molecular flexibility index (Phi) is 13.2. The smallest absolute Gasteiger partial charge is 0.303 e. The van der Waals surface area contributed by atoms with Crippen LogP contribution in [0.2, 0.25) is 0 Å². The van der Waals surface area contributed by atoms with Crippen LogP contribution in [0.25, 0.3) is 0 Å². The molecule has 2 N–H and O–H groups in total. The van der Waals surface area contributed by atoms with Crippen LogP contribution in [0, 0.1) is 11.8 Å². The molecule has 1 heterocycles. The molecule has 0 bridgehead atoms. The van der Waals surface area contributed by atoms with Gasteiger partial charge in [-0.2, -0.15) is 0 Å². The summed E-state index contributed by atoms with van der Waals surface area (Å²) >= 11 is 3.52. The van der Waals surface area contributed by atoms with Gasteiger partial charge in [-0.05, 0) is 74.5 Å². The quantitative estimate of drug-likeness (QED) is 0.218. The summed E-state index contributed by atoms with van der Waals surface area (Å²) in [5.41, 5.74) is 3.43. The first-order chi connectivity index (χ1) is 19.7. The van der Waals surface area contributed by atoms with Crippen molar-refractivity contribution < 1.29 is 29.3 Å². The molecule has 0 saturated carbocycles. The fourth-order valence-electron chi connectivity index (χ4n) is 4.75. The average molecular weight is 628 g/mol. The third-order valence-electron chi connectivity index (χ3n) is 7.03. The Bertz CT molecular complexity index is 1260. The van der Waals surface area contributed by atoms with E-state index in [1.54, 1.807) is 0 Å². The minimum absolute atomic E-state index is 0.0103. The molecule has 0 aromatic heterocycles. The predicted octanol–water partition coefficient (Wildman–Crippen LogP) is 5.25. The number of carbonyl (C=O) groups is 3. The van der Waals surface area contributed by atoms with Crippen LogP contribution in [0.4, 0.5) is 0 Å². The Morgan fingerprint density at radius 1 is 0.927 bits per heavy atom. The Morgan fingerprint density at radius 2 is 1.68 bits per heavy atom. The Hall–Kier alpha value is -3.35. The summed E-state index contributed by atoms with van der Waals surface area (Å²) in [5.74, 6) is 5.40. The molecule has 0 radical (unpaired) electrons. The van der Waals surface area contributed by atoms with E-state index in [0.717, 1.165) is 79.4 Å². The van der Waals surface area contributed by atoms with Gasteiger partial charge in [-0.15, -0.1) is 0 Å². The molecule has 1 amide bonds. The predicted molar refractivity (Wildman–Crippen MR) is 161 cm³/mol. The number of aliphatic carboxylic acids is 2. The number of likely N-dealkylation sites (N-methyl/N-ethyl adjacent to an activating group) is 1. The van der Waals surface area contributed by atoms with Crippen LogP contribution < -0.4 is 4.74 Å². The number of aryl methyl sites for hydroxylation is 1. The Balaban J connectivity index is 1.50. The van der Waals surface area contributed by atoms with Crippen molar-refractivity contribution in [1.82, 2.24) is 9.80 Å². The molecule has 41 heavy (non-hydrogen) atoms. The lowest BCUT2D eigenvalue weighted by Gasteiger charge is -2.32. The second kappa shape index (κ2) is 16.8. The normalized spacial score (nSPS) is 13.4. The first kappa shape index (κ1) is 32.2. The maximum atomic E-state index is 13.0. The van der Waals surface area contributed by atoms with Crippen molar-refractivity contribution in [2.75, 3.05) is 39.8 Å². The molecule has 1 saturated heterocycles. The molecule has 1 fully saturated rings. The lowest BCUT2D eigenvalue weighted by Crippen LogP contribution is -2.47. The first-order valence-corrected chi connectivity index (χ1v) is 15.0. The number of hydrogen-bond donors (Lipinski definition) is 2. The first-order valence-electron chi connectivity index (χ1n) is 14.2. The van der Waals surface area contributed by atoms with E-state index < -0.39 is 11.9 Å². The van der Waals surface area contributed by atoms with Crippen LogP contribution in [0.5, 0.6) is 5.75 Å². The largest absolute Gasteiger partial charge is 0.493 e. The molecule has 2 aromatic rings. The summed E-state index contributed by atoms with van der Waals surface area (Å²) in [7, 11) is 2.07. The Labute approximate surface area is 250 Å². The van der Waals surface area contributed by atoms with Crippen molar-refractivity contribution in [3.8, 4) is 17.6 Å². The van der Waals surface area contributed by atoms with Gasteiger partial charge in [0.15, 0.2) is 0 Å². The number of halogens is 1.